The van der Waals surface area contributed by atoms with Crippen LogP contribution in [0.25, 0.3) is 0 Å². The van der Waals surface area contributed by atoms with Gasteiger partial charge in [-0.05, 0) is 50.7 Å². The molecule has 1 aliphatic carbocycles. The molecule has 16 heavy (non-hydrogen) atoms. The first-order valence-electron chi connectivity index (χ1n) is 6.48. The molecule has 2 unspecified atom stereocenters. The van der Waals surface area contributed by atoms with E-state index in [9.17, 15) is 0 Å². The Bertz CT molecular complexity index is 376. The summed E-state index contributed by atoms with van der Waals surface area (Å²) >= 11 is 0. The van der Waals surface area contributed by atoms with Crippen LogP contribution in [0.2, 0.25) is 0 Å². The van der Waals surface area contributed by atoms with E-state index in [0.29, 0.717) is 12.0 Å². The lowest BCUT2D eigenvalue weighted by Gasteiger charge is -2.26. The molecule has 0 spiro atoms. The summed E-state index contributed by atoms with van der Waals surface area (Å²) in [6.07, 6.45) is 3.59. The fourth-order valence-electron chi connectivity index (χ4n) is 2.83. The highest BCUT2D eigenvalue weighted by atomic mass is 15.0. The molecule has 0 aromatic carbocycles. The maximum Gasteiger partial charge on any atom is 0.0330 e. The lowest BCUT2D eigenvalue weighted by molar-refractivity contribution is 0.386. The van der Waals surface area contributed by atoms with Crippen LogP contribution in [0.3, 0.4) is 0 Å². The van der Waals surface area contributed by atoms with Crippen molar-refractivity contribution in [2.75, 3.05) is 0 Å². The molecule has 1 aromatic heterocycles. The number of nitrogens with zero attached hydrogens (tertiary/aromatic N) is 1. The van der Waals surface area contributed by atoms with Crippen LogP contribution in [0.15, 0.2) is 6.07 Å². The van der Waals surface area contributed by atoms with Gasteiger partial charge in [-0.3, -0.25) is 0 Å². The molecule has 2 rings (SSSR count). The predicted molar refractivity (Wildman–Crippen MR) is 68.6 cm³/mol. The third-order valence-corrected chi connectivity index (χ3v) is 4.07. The van der Waals surface area contributed by atoms with Gasteiger partial charge in [0.25, 0.3) is 0 Å². The second-order valence-electron chi connectivity index (χ2n) is 5.54. The molecular formula is C14H24N2. The first-order valence-corrected chi connectivity index (χ1v) is 6.48. The molecule has 0 radical (unpaired) electrons. The van der Waals surface area contributed by atoms with Gasteiger partial charge in [-0.1, -0.05) is 13.8 Å². The summed E-state index contributed by atoms with van der Waals surface area (Å²) in [6.45, 7) is 9.11. The van der Waals surface area contributed by atoms with Crippen molar-refractivity contribution in [1.29, 1.82) is 0 Å². The van der Waals surface area contributed by atoms with Crippen molar-refractivity contribution in [1.82, 2.24) is 4.57 Å². The molecule has 90 valence electrons. The lowest BCUT2D eigenvalue weighted by Crippen LogP contribution is -2.21. The van der Waals surface area contributed by atoms with Crippen molar-refractivity contribution in [3.63, 3.8) is 0 Å². The van der Waals surface area contributed by atoms with Gasteiger partial charge in [-0.15, -0.1) is 0 Å². The maximum absolute atomic E-state index is 6.19. The van der Waals surface area contributed by atoms with Crippen molar-refractivity contribution in [3.8, 4) is 0 Å². The van der Waals surface area contributed by atoms with Gasteiger partial charge >= 0.3 is 0 Å². The molecule has 0 amide bonds. The third-order valence-electron chi connectivity index (χ3n) is 4.07. The van der Waals surface area contributed by atoms with E-state index in [2.05, 4.69) is 38.3 Å². The molecule has 0 fully saturated rings. The quantitative estimate of drug-likeness (QED) is 0.814. The van der Waals surface area contributed by atoms with E-state index in [4.69, 9.17) is 5.73 Å². The van der Waals surface area contributed by atoms with Crippen LogP contribution in [-0.2, 0) is 6.42 Å². The Hall–Kier alpha value is -0.760. The molecule has 0 aliphatic heterocycles. The minimum Gasteiger partial charge on any atom is -0.346 e. The predicted octanol–water partition coefficient (Wildman–Crippen LogP) is 3.35. The molecule has 1 aliphatic rings. The second kappa shape index (κ2) is 4.25. The number of rotatable bonds is 2. The van der Waals surface area contributed by atoms with E-state index in [1.807, 2.05) is 0 Å². The Labute approximate surface area is 98.8 Å². The third kappa shape index (κ3) is 1.80. The number of fused-ring (bicyclic) bond motifs is 1. The summed E-state index contributed by atoms with van der Waals surface area (Å²) in [4.78, 5) is 0. The fraction of sp³-hybridized carbons (Fsp3) is 0.714. The average molecular weight is 220 g/mol. The second-order valence-corrected chi connectivity index (χ2v) is 5.54. The van der Waals surface area contributed by atoms with Crippen molar-refractivity contribution >= 4 is 0 Å². The zero-order chi connectivity index (χ0) is 11.9. The van der Waals surface area contributed by atoms with E-state index < -0.39 is 0 Å². The number of hydrogen-bond acceptors (Lipinski definition) is 1. The zero-order valence-corrected chi connectivity index (χ0v) is 11.0. The molecule has 0 saturated carbocycles. The van der Waals surface area contributed by atoms with Crippen LogP contribution in [0, 0.1) is 12.8 Å². The molecule has 0 saturated heterocycles. The zero-order valence-electron chi connectivity index (χ0n) is 11.0. The molecule has 2 atom stereocenters. The minimum atomic E-state index is 0.267. The van der Waals surface area contributed by atoms with Crippen LogP contribution in [-0.4, -0.2) is 4.57 Å². The number of aromatic nitrogens is 1. The molecule has 2 nitrogen and oxygen atoms in total. The first-order chi connectivity index (χ1) is 7.52. The molecule has 2 N–H and O–H groups in total. The monoisotopic (exact) mass is 220 g/mol. The topological polar surface area (TPSA) is 30.9 Å². The largest absolute Gasteiger partial charge is 0.346 e. The van der Waals surface area contributed by atoms with Crippen molar-refractivity contribution in [3.05, 3.63) is 23.0 Å². The number of hydrogen-bond donors (Lipinski definition) is 1. The smallest absolute Gasteiger partial charge is 0.0330 e. The van der Waals surface area contributed by atoms with Gasteiger partial charge in [0.2, 0.25) is 0 Å². The van der Waals surface area contributed by atoms with Gasteiger partial charge in [0, 0.05) is 23.5 Å². The van der Waals surface area contributed by atoms with Crippen molar-refractivity contribution < 1.29 is 0 Å². The standard InChI is InChI=1S/C14H24N2/c1-9(2)11(4)16-10(3)8-12-13(15)6-5-7-14(12)16/h8-9,11,13H,5-7,15H2,1-4H3. The van der Waals surface area contributed by atoms with Crippen LogP contribution in [0.1, 0.15) is 62.6 Å². The van der Waals surface area contributed by atoms with Gasteiger partial charge in [0.15, 0.2) is 0 Å². The van der Waals surface area contributed by atoms with E-state index >= 15 is 0 Å². The molecule has 1 heterocycles. The Morgan fingerprint density at radius 2 is 2.06 bits per heavy atom. The van der Waals surface area contributed by atoms with Crippen LogP contribution in [0.4, 0.5) is 0 Å². The molecule has 0 bridgehead atoms. The van der Waals surface area contributed by atoms with E-state index in [0.717, 1.165) is 6.42 Å². The summed E-state index contributed by atoms with van der Waals surface area (Å²) in [6, 6.07) is 3.15. The summed E-state index contributed by atoms with van der Waals surface area (Å²) < 4.78 is 2.51. The van der Waals surface area contributed by atoms with Crippen molar-refractivity contribution in [2.24, 2.45) is 11.7 Å². The summed E-state index contributed by atoms with van der Waals surface area (Å²) in [5.41, 5.74) is 10.5. The maximum atomic E-state index is 6.19. The first kappa shape index (κ1) is 11.7. The van der Waals surface area contributed by atoms with Crippen molar-refractivity contribution in [2.45, 2.75) is 59.0 Å². The van der Waals surface area contributed by atoms with Gasteiger partial charge in [-0.25, -0.2) is 0 Å². The summed E-state index contributed by atoms with van der Waals surface area (Å²) in [5.74, 6) is 0.674. The van der Waals surface area contributed by atoms with E-state index in [1.165, 1.54) is 29.8 Å². The molecule has 1 aromatic rings. The van der Waals surface area contributed by atoms with Gasteiger partial charge in [-0.2, -0.15) is 0 Å². The highest BCUT2D eigenvalue weighted by molar-refractivity contribution is 5.33. The van der Waals surface area contributed by atoms with Crippen LogP contribution < -0.4 is 5.73 Å². The SMILES string of the molecule is Cc1cc2c(n1C(C)C(C)C)CCCC2N. The van der Waals surface area contributed by atoms with Gasteiger partial charge in [0.05, 0.1) is 0 Å². The highest BCUT2D eigenvalue weighted by Crippen LogP contribution is 2.34. The van der Waals surface area contributed by atoms with E-state index in [1.54, 1.807) is 0 Å². The highest BCUT2D eigenvalue weighted by Gasteiger charge is 2.24. The molecule has 2 heteroatoms. The number of aryl methyl sites for hydroxylation is 1. The molecular weight excluding hydrogens is 196 g/mol. The fourth-order valence-corrected chi connectivity index (χ4v) is 2.83. The Kier molecular flexibility index (Phi) is 3.11. The number of nitrogens with two attached hydrogens (primary N) is 1. The van der Waals surface area contributed by atoms with Crippen LogP contribution >= 0.6 is 0 Å². The minimum absolute atomic E-state index is 0.267. The van der Waals surface area contributed by atoms with Gasteiger partial charge in [0.1, 0.15) is 0 Å². The van der Waals surface area contributed by atoms with E-state index in [-0.39, 0.29) is 6.04 Å². The Morgan fingerprint density at radius 1 is 1.38 bits per heavy atom. The lowest BCUT2D eigenvalue weighted by atomic mass is 9.93. The average Bonchev–Trinajstić information content (AvgIpc) is 2.55. The summed E-state index contributed by atoms with van der Waals surface area (Å²) in [7, 11) is 0. The van der Waals surface area contributed by atoms with Gasteiger partial charge < -0.3 is 10.3 Å². The summed E-state index contributed by atoms with van der Waals surface area (Å²) in [5, 5.41) is 0. The Balaban J connectivity index is 2.46. The van der Waals surface area contributed by atoms with Crippen LogP contribution in [0.5, 0.6) is 0 Å². The Morgan fingerprint density at radius 3 is 2.69 bits per heavy atom. The normalized spacial score (nSPS) is 22.2.